The van der Waals surface area contributed by atoms with Gasteiger partial charge in [-0.1, -0.05) is 30.3 Å². The third kappa shape index (κ3) is 5.03. The molecular weight excluding hydrogens is 380 g/mol. The Morgan fingerprint density at radius 2 is 1.73 bits per heavy atom. The molecule has 1 heterocycles. The Labute approximate surface area is 175 Å². The van der Waals surface area contributed by atoms with Crippen LogP contribution in [0.25, 0.3) is 0 Å². The summed E-state index contributed by atoms with van der Waals surface area (Å²) < 4.78 is 0. The molecule has 3 rings (SSSR count). The molecule has 1 aliphatic heterocycles. The zero-order valence-corrected chi connectivity index (χ0v) is 16.8. The predicted molar refractivity (Wildman–Crippen MR) is 114 cm³/mol. The number of amides is 3. The van der Waals surface area contributed by atoms with Crippen molar-refractivity contribution in [3.8, 4) is 6.07 Å². The number of carbonyl (C=O) groups is 3. The lowest BCUT2D eigenvalue weighted by Crippen LogP contribution is -2.41. The first-order chi connectivity index (χ1) is 14.5. The molecule has 7 heteroatoms. The molecule has 154 valence electrons. The van der Waals surface area contributed by atoms with Crippen molar-refractivity contribution >= 4 is 29.1 Å². The number of anilines is 2. The third-order valence-electron chi connectivity index (χ3n) is 5.05. The van der Waals surface area contributed by atoms with Crippen molar-refractivity contribution in [1.82, 2.24) is 5.32 Å². The van der Waals surface area contributed by atoms with E-state index >= 15 is 0 Å². The van der Waals surface area contributed by atoms with Crippen LogP contribution in [0.3, 0.4) is 0 Å². The number of nitriles is 1. The van der Waals surface area contributed by atoms with E-state index in [4.69, 9.17) is 5.26 Å². The average molecular weight is 404 g/mol. The molecule has 0 bridgehead atoms. The zero-order chi connectivity index (χ0) is 21.5. The Kier molecular flexibility index (Phi) is 6.81. The monoisotopic (exact) mass is 404 g/mol. The molecule has 1 saturated heterocycles. The Balaban J connectivity index is 1.45. The van der Waals surface area contributed by atoms with Crippen molar-refractivity contribution in [2.24, 2.45) is 0 Å². The maximum atomic E-state index is 12.7. The fourth-order valence-electron chi connectivity index (χ4n) is 3.60. The first-order valence-corrected chi connectivity index (χ1v) is 9.96. The summed E-state index contributed by atoms with van der Waals surface area (Å²) >= 11 is 0. The molecule has 0 spiro atoms. The Hall–Kier alpha value is -3.66. The largest absolute Gasteiger partial charge is 0.344 e. The molecule has 2 atom stereocenters. The molecule has 30 heavy (non-hydrogen) atoms. The molecule has 2 aromatic carbocycles. The fraction of sp³-hybridized carbons (Fsp3) is 0.304. The normalized spacial score (nSPS) is 18.0. The van der Waals surface area contributed by atoms with Gasteiger partial charge in [-0.05, 0) is 44.0 Å². The van der Waals surface area contributed by atoms with E-state index in [0.717, 1.165) is 5.69 Å². The molecule has 2 aromatic rings. The van der Waals surface area contributed by atoms with Crippen LogP contribution in [0, 0.1) is 11.3 Å². The minimum atomic E-state index is -0.552. The molecule has 2 N–H and O–H groups in total. The van der Waals surface area contributed by atoms with Crippen LogP contribution in [0.5, 0.6) is 0 Å². The minimum Gasteiger partial charge on any atom is -0.344 e. The van der Waals surface area contributed by atoms with Crippen molar-refractivity contribution in [3.05, 3.63) is 60.2 Å². The van der Waals surface area contributed by atoms with E-state index in [1.54, 1.807) is 29.2 Å². The predicted octanol–water partition coefficient (Wildman–Crippen LogP) is 2.98. The number of para-hydroxylation sites is 2. The molecule has 0 aliphatic carbocycles. The summed E-state index contributed by atoms with van der Waals surface area (Å²) in [5.41, 5.74) is 1.67. The first-order valence-electron chi connectivity index (χ1n) is 9.96. The molecule has 1 aliphatic rings. The summed E-state index contributed by atoms with van der Waals surface area (Å²) in [7, 11) is 0. The van der Waals surface area contributed by atoms with Gasteiger partial charge in [-0.3, -0.25) is 14.4 Å². The number of nitrogens with zero attached hydrogens (tertiary/aromatic N) is 2. The van der Waals surface area contributed by atoms with Gasteiger partial charge in [0.2, 0.25) is 17.7 Å². The van der Waals surface area contributed by atoms with Gasteiger partial charge < -0.3 is 15.5 Å². The maximum Gasteiger partial charge on any atom is 0.249 e. The molecule has 0 saturated carbocycles. The van der Waals surface area contributed by atoms with Crippen LogP contribution in [0.15, 0.2) is 54.6 Å². The van der Waals surface area contributed by atoms with Gasteiger partial charge >= 0.3 is 0 Å². The highest BCUT2D eigenvalue weighted by molar-refractivity contribution is 6.02. The standard InChI is InChI=1S/C23H24N4O3/c1-16-14-20(23(30)27(16)18-9-3-2-4-10-18)26-22(29)13-7-12-21(28)25-19-11-6-5-8-17(19)15-24/h2-6,8-11,16,20H,7,12-14H2,1H3,(H,25,28)(H,26,29)/t16-,20+/m0/s1. The Morgan fingerprint density at radius 1 is 1.07 bits per heavy atom. The summed E-state index contributed by atoms with van der Waals surface area (Å²) in [6, 6.07) is 17.6. The van der Waals surface area contributed by atoms with Crippen LogP contribution in [-0.4, -0.2) is 29.8 Å². The van der Waals surface area contributed by atoms with Crippen molar-refractivity contribution in [3.63, 3.8) is 0 Å². The van der Waals surface area contributed by atoms with E-state index < -0.39 is 6.04 Å². The van der Waals surface area contributed by atoms with Gasteiger partial charge in [-0.15, -0.1) is 0 Å². The summed E-state index contributed by atoms with van der Waals surface area (Å²) in [4.78, 5) is 38.8. The quantitative estimate of drug-likeness (QED) is 0.740. The Morgan fingerprint density at radius 3 is 2.47 bits per heavy atom. The first kappa shape index (κ1) is 21.1. The number of rotatable bonds is 7. The van der Waals surface area contributed by atoms with Gasteiger partial charge in [-0.25, -0.2) is 0 Å². The molecular formula is C23H24N4O3. The summed E-state index contributed by atoms with van der Waals surface area (Å²) in [5.74, 6) is -0.625. The van der Waals surface area contributed by atoms with Crippen LogP contribution in [0.1, 0.15) is 38.2 Å². The number of nitrogens with one attached hydrogen (secondary N) is 2. The summed E-state index contributed by atoms with van der Waals surface area (Å²) in [5, 5.41) is 14.5. The van der Waals surface area contributed by atoms with E-state index in [9.17, 15) is 14.4 Å². The molecule has 7 nitrogen and oxygen atoms in total. The molecule has 1 fully saturated rings. The van der Waals surface area contributed by atoms with E-state index in [1.165, 1.54) is 0 Å². The number of hydrogen-bond acceptors (Lipinski definition) is 4. The molecule has 3 amide bonds. The lowest BCUT2D eigenvalue weighted by molar-refractivity contribution is -0.126. The zero-order valence-electron chi connectivity index (χ0n) is 16.8. The topological polar surface area (TPSA) is 102 Å². The fourth-order valence-corrected chi connectivity index (χ4v) is 3.60. The van der Waals surface area contributed by atoms with Crippen LogP contribution in [0.4, 0.5) is 11.4 Å². The van der Waals surface area contributed by atoms with E-state index in [1.807, 2.05) is 43.3 Å². The second-order valence-corrected chi connectivity index (χ2v) is 7.31. The second kappa shape index (κ2) is 9.70. The summed E-state index contributed by atoms with van der Waals surface area (Å²) in [6.45, 7) is 1.96. The van der Waals surface area contributed by atoms with Crippen LogP contribution in [-0.2, 0) is 14.4 Å². The third-order valence-corrected chi connectivity index (χ3v) is 5.05. The second-order valence-electron chi connectivity index (χ2n) is 7.31. The van der Waals surface area contributed by atoms with Crippen LogP contribution in [0.2, 0.25) is 0 Å². The number of benzene rings is 2. The Bertz CT molecular complexity index is 968. The van der Waals surface area contributed by atoms with Gasteiger partial charge in [-0.2, -0.15) is 5.26 Å². The van der Waals surface area contributed by atoms with Crippen LogP contribution < -0.4 is 15.5 Å². The van der Waals surface area contributed by atoms with Crippen LogP contribution >= 0.6 is 0 Å². The van der Waals surface area contributed by atoms with E-state index in [0.29, 0.717) is 24.1 Å². The van der Waals surface area contributed by atoms with Gasteiger partial charge in [0, 0.05) is 24.6 Å². The van der Waals surface area contributed by atoms with Gasteiger partial charge in [0.15, 0.2) is 0 Å². The molecule has 0 radical (unpaired) electrons. The van der Waals surface area contributed by atoms with Gasteiger partial charge in [0.05, 0.1) is 11.3 Å². The highest BCUT2D eigenvalue weighted by Gasteiger charge is 2.38. The van der Waals surface area contributed by atoms with Gasteiger partial charge in [0.25, 0.3) is 0 Å². The van der Waals surface area contributed by atoms with Crippen molar-refractivity contribution in [2.75, 3.05) is 10.2 Å². The van der Waals surface area contributed by atoms with E-state index in [2.05, 4.69) is 10.6 Å². The lowest BCUT2D eigenvalue weighted by atomic mass is 10.1. The van der Waals surface area contributed by atoms with Crippen molar-refractivity contribution in [2.45, 2.75) is 44.7 Å². The van der Waals surface area contributed by atoms with E-state index in [-0.39, 0.29) is 36.6 Å². The molecule has 0 aromatic heterocycles. The van der Waals surface area contributed by atoms with Crippen molar-refractivity contribution in [1.29, 1.82) is 5.26 Å². The minimum absolute atomic E-state index is 0.00354. The maximum absolute atomic E-state index is 12.7. The highest BCUT2D eigenvalue weighted by atomic mass is 16.2. The SMILES string of the molecule is C[C@H]1C[C@@H](NC(=O)CCCC(=O)Nc2ccccc2C#N)C(=O)N1c1ccccc1. The molecule has 0 unspecified atom stereocenters. The average Bonchev–Trinajstić information content (AvgIpc) is 3.01. The van der Waals surface area contributed by atoms with Gasteiger partial charge in [0.1, 0.15) is 12.1 Å². The lowest BCUT2D eigenvalue weighted by Gasteiger charge is -2.21. The highest BCUT2D eigenvalue weighted by Crippen LogP contribution is 2.26. The summed E-state index contributed by atoms with van der Waals surface area (Å²) in [6.07, 6.45) is 1.20. The number of hydrogen-bond donors (Lipinski definition) is 2. The van der Waals surface area contributed by atoms with Crippen molar-refractivity contribution < 1.29 is 14.4 Å². The number of carbonyl (C=O) groups excluding carboxylic acids is 3. The smallest absolute Gasteiger partial charge is 0.249 e.